The van der Waals surface area contributed by atoms with Gasteiger partial charge in [0.2, 0.25) is 0 Å². The van der Waals surface area contributed by atoms with E-state index in [2.05, 4.69) is 16.6 Å². The van der Waals surface area contributed by atoms with Crippen molar-refractivity contribution in [2.24, 2.45) is 0 Å². The van der Waals surface area contributed by atoms with Gasteiger partial charge in [0, 0.05) is 23.0 Å². The van der Waals surface area contributed by atoms with Gasteiger partial charge in [-0.15, -0.1) is 0 Å². The summed E-state index contributed by atoms with van der Waals surface area (Å²) in [6.45, 7) is 3.06. The smallest absolute Gasteiger partial charge is 0.377 e. The number of alkyl halides is 2. The Kier molecular flexibility index (Phi) is 8.75. The maximum absolute atomic E-state index is 13.8. The predicted octanol–water partition coefficient (Wildman–Crippen LogP) is 6.62. The molecule has 0 fully saturated rings. The lowest BCUT2D eigenvalue weighted by atomic mass is 9.83. The average molecular weight is 522 g/mol. The molecular formula is C27H27Cl2F2NO3. The number of likely N-dealkylation sites (N-methyl/N-ethyl adjacent to an activating group) is 1. The van der Waals surface area contributed by atoms with E-state index < -0.39 is 23.9 Å². The Labute approximate surface area is 214 Å². The van der Waals surface area contributed by atoms with Gasteiger partial charge < -0.3 is 9.47 Å². The molecule has 0 aliphatic heterocycles. The summed E-state index contributed by atoms with van der Waals surface area (Å²) in [5.74, 6) is -4.58. The molecule has 3 aromatic carbocycles. The molecule has 0 amide bonds. The van der Waals surface area contributed by atoms with E-state index in [9.17, 15) is 13.6 Å². The first kappa shape index (κ1) is 26.9. The van der Waals surface area contributed by atoms with Crippen molar-refractivity contribution in [2.45, 2.75) is 24.8 Å². The summed E-state index contributed by atoms with van der Waals surface area (Å²) in [5.41, 5.74) is 1.94. The van der Waals surface area contributed by atoms with Crippen LogP contribution in [0.15, 0.2) is 72.8 Å². The fraction of sp³-hybridized carbons (Fsp3) is 0.296. The molecule has 0 spiro atoms. The Hall–Kier alpha value is -2.67. The SMILES string of the molecule is COC(=O)C(F)(F)Cc1ccc(OCCN(C)C(C)(c2ccc(Cl)cc2)c2ccc(Cl)cc2)cc1. The summed E-state index contributed by atoms with van der Waals surface area (Å²) < 4.78 is 37.6. The minimum atomic E-state index is -3.58. The van der Waals surface area contributed by atoms with Gasteiger partial charge in [0.25, 0.3) is 0 Å². The summed E-state index contributed by atoms with van der Waals surface area (Å²) in [6, 6.07) is 21.7. The highest BCUT2D eigenvalue weighted by atomic mass is 35.5. The van der Waals surface area contributed by atoms with Crippen molar-refractivity contribution >= 4 is 29.2 Å². The third-order valence-electron chi connectivity index (χ3n) is 6.11. The topological polar surface area (TPSA) is 38.8 Å². The first-order valence-electron chi connectivity index (χ1n) is 11.0. The summed E-state index contributed by atoms with van der Waals surface area (Å²) >= 11 is 12.2. The molecule has 186 valence electrons. The van der Waals surface area contributed by atoms with Gasteiger partial charge in [0.15, 0.2) is 0 Å². The monoisotopic (exact) mass is 521 g/mol. The van der Waals surface area contributed by atoms with Gasteiger partial charge in [-0.1, -0.05) is 59.6 Å². The highest BCUT2D eigenvalue weighted by Crippen LogP contribution is 2.36. The molecule has 0 aromatic heterocycles. The molecule has 0 aliphatic carbocycles. The van der Waals surface area contributed by atoms with E-state index in [1.165, 1.54) is 12.1 Å². The van der Waals surface area contributed by atoms with Crippen LogP contribution in [0.1, 0.15) is 23.6 Å². The van der Waals surface area contributed by atoms with Crippen LogP contribution in [0.2, 0.25) is 10.0 Å². The number of ether oxygens (including phenoxy) is 2. The lowest BCUT2D eigenvalue weighted by Gasteiger charge is -2.40. The second-order valence-electron chi connectivity index (χ2n) is 8.37. The molecule has 0 radical (unpaired) electrons. The van der Waals surface area contributed by atoms with Crippen LogP contribution in [0.3, 0.4) is 0 Å². The molecule has 0 saturated heterocycles. The minimum absolute atomic E-state index is 0.308. The molecule has 0 heterocycles. The summed E-state index contributed by atoms with van der Waals surface area (Å²) in [4.78, 5) is 13.4. The second kappa shape index (κ2) is 11.4. The van der Waals surface area contributed by atoms with Crippen molar-refractivity contribution < 1.29 is 23.0 Å². The van der Waals surface area contributed by atoms with E-state index in [0.717, 1.165) is 18.2 Å². The Morgan fingerprint density at radius 1 is 0.886 bits per heavy atom. The Morgan fingerprint density at radius 2 is 1.37 bits per heavy atom. The Balaban J connectivity index is 1.69. The number of hydrogen-bond acceptors (Lipinski definition) is 4. The standard InChI is InChI=1S/C27H27Cl2F2NO3/c1-26(20-6-10-22(28)11-7-20,21-8-12-23(29)13-9-21)32(2)16-17-35-24-14-4-19(5-15-24)18-27(30,31)25(33)34-3/h4-15H,16-18H2,1-3H3. The summed E-state index contributed by atoms with van der Waals surface area (Å²) in [5, 5.41) is 1.32. The van der Waals surface area contributed by atoms with Crippen LogP contribution in [-0.2, 0) is 21.5 Å². The third kappa shape index (κ3) is 6.51. The number of carbonyl (C=O) groups is 1. The zero-order chi connectivity index (χ0) is 25.6. The van der Waals surface area contributed by atoms with Crippen LogP contribution in [0.4, 0.5) is 8.78 Å². The van der Waals surface area contributed by atoms with Crippen LogP contribution < -0.4 is 4.74 Å². The van der Waals surface area contributed by atoms with Crippen molar-refractivity contribution in [3.05, 3.63) is 99.5 Å². The lowest BCUT2D eigenvalue weighted by molar-refractivity contribution is -0.168. The van der Waals surface area contributed by atoms with E-state index in [-0.39, 0.29) is 0 Å². The number of esters is 1. The molecule has 0 atom stereocenters. The summed E-state index contributed by atoms with van der Waals surface area (Å²) in [6.07, 6.45) is -0.733. The van der Waals surface area contributed by atoms with E-state index in [0.29, 0.717) is 34.5 Å². The number of carbonyl (C=O) groups excluding carboxylic acids is 1. The van der Waals surface area contributed by atoms with E-state index >= 15 is 0 Å². The Bertz CT molecular complexity index is 1080. The van der Waals surface area contributed by atoms with Crippen LogP contribution >= 0.6 is 23.2 Å². The number of rotatable bonds is 10. The first-order chi connectivity index (χ1) is 16.6. The number of halogens is 4. The molecule has 0 aliphatic rings. The zero-order valence-corrected chi connectivity index (χ0v) is 21.2. The molecule has 0 unspecified atom stereocenters. The van der Waals surface area contributed by atoms with E-state index in [4.69, 9.17) is 27.9 Å². The minimum Gasteiger partial charge on any atom is -0.492 e. The van der Waals surface area contributed by atoms with Crippen LogP contribution in [0, 0.1) is 0 Å². The maximum atomic E-state index is 13.8. The van der Waals surface area contributed by atoms with Crippen molar-refractivity contribution in [2.75, 3.05) is 27.3 Å². The number of nitrogens with zero attached hydrogens (tertiary/aromatic N) is 1. The van der Waals surface area contributed by atoms with Gasteiger partial charge in [-0.2, -0.15) is 8.78 Å². The first-order valence-corrected chi connectivity index (χ1v) is 11.7. The van der Waals surface area contributed by atoms with Crippen LogP contribution in [0.25, 0.3) is 0 Å². The maximum Gasteiger partial charge on any atom is 0.377 e. The molecule has 0 bridgehead atoms. The fourth-order valence-corrected chi connectivity index (χ4v) is 4.11. The van der Waals surface area contributed by atoms with Crippen LogP contribution in [0.5, 0.6) is 5.75 Å². The number of benzene rings is 3. The fourth-order valence-electron chi connectivity index (χ4n) is 3.86. The second-order valence-corrected chi connectivity index (χ2v) is 9.25. The lowest BCUT2D eigenvalue weighted by Crippen LogP contribution is -2.44. The average Bonchev–Trinajstić information content (AvgIpc) is 2.84. The number of hydrogen-bond donors (Lipinski definition) is 0. The van der Waals surface area contributed by atoms with Gasteiger partial charge in [0.05, 0.1) is 12.6 Å². The van der Waals surface area contributed by atoms with Gasteiger partial charge >= 0.3 is 11.9 Å². The Morgan fingerprint density at radius 3 is 1.83 bits per heavy atom. The zero-order valence-electron chi connectivity index (χ0n) is 19.7. The number of methoxy groups -OCH3 is 1. The largest absolute Gasteiger partial charge is 0.492 e. The van der Waals surface area contributed by atoms with Crippen molar-refractivity contribution in [3.8, 4) is 5.75 Å². The van der Waals surface area contributed by atoms with Gasteiger partial charge in [-0.3, -0.25) is 4.90 Å². The molecule has 0 N–H and O–H groups in total. The highest BCUT2D eigenvalue weighted by Gasteiger charge is 2.40. The molecule has 3 aromatic rings. The van der Waals surface area contributed by atoms with E-state index in [1.54, 1.807) is 12.1 Å². The van der Waals surface area contributed by atoms with Gasteiger partial charge in [-0.05, 0) is 67.1 Å². The predicted molar refractivity (Wildman–Crippen MR) is 135 cm³/mol. The molecular weight excluding hydrogens is 495 g/mol. The van der Waals surface area contributed by atoms with Crippen molar-refractivity contribution in [1.29, 1.82) is 0 Å². The molecule has 0 saturated carbocycles. The van der Waals surface area contributed by atoms with Crippen molar-refractivity contribution in [3.63, 3.8) is 0 Å². The normalized spacial score (nSPS) is 12.0. The summed E-state index contributed by atoms with van der Waals surface area (Å²) in [7, 11) is 2.94. The molecule has 8 heteroatoms. The molecule has 3 rings (SSSR count). The van der Waals surface area contributed by atoms with Gasteiger partial charge in [-0.25, -0.2) is 4.79 Å². The van der Waals surface area contributed by atoms with Crippen LogP contribution in [-0.4, -0.2) is 44.1 Å². The quantitative estimate of drug-likeness (QED) is 0.281. The van der Waals surface area contributed by atoms with Gasteiger partial charge in [0.1, 0.15) is 12.4 Å². The third-order valence-corrected chi connectivity index (χ3v) is 6.61. The van der Waals surface area contributed by atoms with Crippen molar-refractivity contribution in [1.82, 2.24) is 4.90 Å². The molecule has 4 nitrogen and oxygen atoms in total. The highest BCUT2D eigenvalue weighted by molar-refractivity contribution is 6.30. The molecule has 35 heavy (non-hydrogen) atoms. The van der Waals surface area contributed by atoms with E-state index in [1.807, 2.05) is 55.6 Å².